The molecule has 0 radical (unpaired) electrons. The van der Waals surface area contributed by atoms with Crippen LogP contribution in [0.3, 0.4) is 0 Å². The van der Waals surface area contributed by atoms with Crippen molar-refractivity contribution >= 4 is 23.5 Å². The lowest BCUT2D eigenvalue weighted by atomic mass is 9.75. The average Bonchev–Trinajstić information content (AvgIpc) is 2.83. The van der Waals surface area contributed by atoms with Crippen LogP contribution < -0.4 is 4.90 Å². The molecule has 0 aliphatic carbocycles. The van der Waals surface area contributed by atoms with Crippen molar-refractivity contribution in [1.29, 1.82) is 10.7 Å². The number of halogens is 3. The van der Waals surface area contributed by atoms with Crippen molar-refractivity contribution in [2.24, 2.45) is 5.92 Å². The van der Waals surface area contributed by atoms with Gasteiger partial charge in [0.2, 0.25) is 0 Å². The van der Waals surface area contributed by atoms with E-state index in [0.29, 0.717) is 11.1 Å². The highest BCUT2D eigenvalue weighted by Crippen LogP contribution is 2.44. The normalized spacial score (nSPS) is 18.2. The second kappa shape index (κ2) is 10.0. The molecule has 0 amide bonds. The first-order valence-electron chi connectivity index (χ1n) is 10.6. The van der Waals surface area contributed by atoms with Crippen LogP contribution in [0.4, 0.5) is 18.9 Å². The molecule has 10 heteroatoms. The Labute approximate surface area is 199 Å². The molecule has 2 aromatic carbocycles. The lowest BCUT2D eigenvalue weighted by molar-refractivity contribution is -0.144. The van der Waals surface area contributed by atoms with E-state index in [1.54, 1.807) is 19.1 Å². The molecular formula is C25H22F3N3O4. The summed E-state index contributed by atoms with van der Waals surface area (Å²) in [5, 5.41) is 18.0. The predicted octanol–water partition coefficient (Wildman–Crippen LogP) is 4.78. The van der Waals surface area contributed by atoms with Crippen LogP contribution in [0.25, 0.3) is 0 Å². The van der Waals surface area contributed by atoms with Gasteiger partial charge in [0.15, 0.2) is 0 Å². The zero-order chi connectivity index (χ0) is 25.9. The Bertz CT molecular complexity index is 1230. The summed E-state index contributed by atoms with van der Waals surface area (Å²) < 4.78 is 50.3. The number of hydrogen-bond donors (Lipinski definition) is 1. The Kier molecular flexibility index (Phi) is 7.29. The van der Waals surface area contributed by atoms with Gasteiger partial charge in [-0.3, -0.25) is 10.2 Å². The molecule has 0 saturated heterocycles. The molecule has 3 rings (SSSR count). The first-order valence-corrected chi connectivity index (χ1v) is 10.6. The van der Waals surface area contributed by atoms with Gasteiger partial charge in [-0.2, -0.15) is 18.4 Å². The first-order chi connectivity index (χ1) is 16.5. The number of allylic oxidation sites excluding steroid dienone is 1. The van der Waals surface area contributed by atoms with Gasteiger partial charge in [0, 0.05) is 17.3 Å². The van der Waals surface area contributed by atoms with Gasteiger partial charge < -0.3 is 14.4 Å². The maximum Gasteiger partial charge on any atom is 0.416 e. The van der Waals surface area contributed by atoms with E-state index < -0.39 is 35.5 Å². The molecule has 0 fully saturated rings. The number of esters is 2. The Morgan fingerprint density at radius 2 is 1.83 bits per heavy atom. The third-order valence-corrected chi connectivity index (χ3v) is 5.69. The summed E-state index contributed by atoms with van der Waals surface area (Å²) in [5.41, 5.74) is -0.0652. The van der Waals surface area contributed by atoms with Crippen molar-refractivity contribution in [3.05, 3.63) is 76.5 Å². The van der Waals surface area contributed by atoms with E-state index in [0.717, 1.165) is 24.1 Å². The number of rotatable bonds is 5. The molecule has 182 valence electrons. The number of nitrogens with one attached hydrogen (secondary N) is 1. The third kappa shape index (κ3) is 4.89. The number of anilines is 1. The Morgan fingerprint density at radius 1 is 1.17 bits per heavy atom. The second-order valence-electron chi connectivity index (χ2n) is 7.70. The third-order valence-electron chi connectivity index (χ3n) is 5.69. The number of alkyl halides is 3. The Morgan fingerprint density at radius 3 is 2.37 bits per heavy atom. The number of amidine groups is 1. The molecule has 7 nitrogen and oxygen atoms in total. The summed E-state index contributed by atoms with van der Waals surface area (Å²) in [5.74, 6) is -4.39. The molecular weight excluding hydrogens is 463 g/mol. The summed E-state index contributed by atoms with van der Waals surface area (Å²) in [6, 6.07) is 12.4. The van der Waals surface area contributed by atoms with Crippen LogP contribution in [0, 0.1) is 22.7 Å². The first kappa shape index (κ1) is 25.5. The number of nitriles is 1. The molecule has 0 saturated carbocycles. The van der Waals surface area contributed by atoms with Gasteiger partial charge in [-0.1, -0.05) is 18.2 Å². The molecule has 1 N–H and O–H groups in total. The minimum Gasteiger partial charge on any atom is -0.468 e. The van der Waals surface area contributed by atoms with Crippen molar-refractivity contribution < 1.29 is 32.2 Å². The number of hydrogen-bond acceptors (Lipinski definition) is 6. The minimum atomic E-state index is -4.64. The SMILES string of the molecule is CCOC(=O)C1=C(C)N(c2cccc(C(F)(F)F)c2)C(=N)C(C(=O)OC)C1c1ccc(C#N)cc1. The van der Waals surface area contributed by atoms with Crippen molar-refractivity contribution in [3.63, 3.8) is 0 Å². The molecule has 1 heterocycles. The molecule has 0 spiro atoms. The molecule has 2 aromatic rings. The maximum absolute atomic E-state index is 13.4. The highest BCUT2D eigenvalue weighted by Gasteiger charge is 2.47. The fourth-order valence-corrected chi connectivity index (χ4v) is 4.13. The smallest absolute Gasteiger partial charge is 0.416 e. The largest absolute Gasteiger partial charge is 0.468 e. The summed E-state index contributed by atoms with van der Waals surface area (Å²) in [4.78, 5) is 27.2. The molecule has 2 atom stereocenters. The predicted molar refractivity (Wildman–Crippen MR) is 120 cm³/mol. The molecule has 0 bridgehead atoms. The van der Waals surface area contributed by atoms with Crippen LogP contribution in [-0.4, -0.2) is 31.5 Å². The lowest BCUT2D eigenvalue weighted by Crippen LogP contribution is -2.48. The molecule has 1 aliphatic rings. The van der Waals surface area contributed by atoms with E-state index in [-0.39, 0.29) is 29.4 Å². The molecule has 2 unspecified atom stereocenters. The van der Waals surface area contributed by atoms with Crippen molar-refractivity contribution in [2.75, 3.05) is 18.6 Å². The van der Waals surface area contributed by atoms with Crippen LogP contribution in [0.1, 0.15) is 36.5 Å². The van der Waals surface area contributed by atoms with Crippen molar-refractivity contribution in [1.82, 2.24) is 0 Å². The number of carbonyl (C=O) groups is 2. The lowest BCUT2D eigenvalue weighted by Gasteiger charge is -2.40. The monoisotopic (exact) mass is 485 g/mol. The Balaban J connectivity index is 2.31. The van der Waals surface area contributed by atoms with E-state index >= 15 is 0 Å². The molecule has 0 aromatic heterocycles. The van der Waals surface area contributed by atoms with E-state index in [4.69, 9.17) is 20.1 Å². The number of ether oxygens (including phenoxy) is 2. The average molecular weight is 485 g/mol. The van der Waals surface area contributed by atoms with Crippen LogP contribution in [0.2, 0.25) is 0 Å². The van der Waals surface area contributed by atoms with E-state index in [1.807, 2.05) is 6.07 Å². The minimum absolute atomic E-state index is 0.000342. The van der Waals surface area contributed by atoms with Gasteiger partial charge in [0.1, 0.15) is 11.8 Å². The van der Waals surface area contributed by atoms with Crippen molar-refractivity contribution in [3.8, 4) is 6.07 Å². The number of carbonyl (C=O) groups excluding carboxylic acids is 2. The summed E-state index contributed by atoms with van der Waals surface area (Å²) in [6.07, 6.45) is -4.64. The van der Waals surface area contributed by atoms with E-state index in [2.05, 4.69) is 0 Å². The van der Waals surface area contributed by atoms with Gasteiger partial charge >= 0.3 is 18.1 Å². The summed E-state index contributed by atoms with van der Waals surface area (Å²) >= 11 is 0. The fourth-order valence-electron chi connectivity index (χ4n) is 4.13. The molecule has 1 aliphatic heterocycles. The maximum atomic E-state index is 13.4. The van der Waals surface area contributed by atoms with Gasteiger partial charge in [-0.25, -0.2) is 4.79 Å². The topological polar surface area (TPSA) is 103 Å². The summed E-state index contributed by atoms with van der Waals surface area (Å²) in [6.45, 7) is 3.09. The van der Waals surface area contributed by atoms with Gasteiger partial charge in [-0.15, -0.1) is 0 Å². The standard InChI is InChI=1S/C25H22F3N3O4/c1-4-35-24(33)19-14(2)31(18-7-5-6-17(12-18)25(26,27)28)22(30)21(23(32)34-3)20(19)16-10-8-15(13-29)9-11-16/h5-12,20-21,30H,4H2,1-3H3. The molecule has 35 heavy (non-hydrogen) atoms. The Hall–Kier alpha value is -4.13. The fraction of sp³-hybridized carbons (Fsp3) is 0.280. The zero-order valence-corrected chi connectivity index (χ0v) is 19.1. The van der Waals surface area contributed by atoms with Crippen LogP contribution in [0.5, 0.6) is 0 Å². The second-order valence-corrected chi connectivity index (χ2v) is 7.70. The van der Waals surface area contributed by atoms with Crippen LogP contribution >= 0.6 is 0 Å². The van der Waals surface area contributed by atoms with E-state index in [9.17, 15) is 22.8 Å². The highest BCUT2D eigenvalue weighted by atomic mass is 19.4. The summed E-state index contributed by atoms with van der Waals surface area (Å²) in [7, 11) is 1.12. The van der Waals surface area contributed by atoms with Crippen LogP contribution in [0.15, 0.2) is 59.8 Å². The number of nitrogens with zero attached hydrogens (tertiary/aromatic N) is 2. The number of methoxy groups -OCH3 is 1. The number of benzene rings is 2. The highest BCUT2D eigenvalue weighted by molar-refractivity contribution is 6.14. The van der Waals surface area contributed by atoms with Gasteiger partial charge in [-0.05, 0) is 49.7 Å². The van der Waals surface area contributed by atoms with Crippen LogP contribution in [-0.2, 0) is 25.2 Å². The van der Waals surface area contributed by atoms with Crippen molar-refractivity contribution in [2.45, 2.75) is 25.9 Å². The zero-order valence-electron chi connectivity index (χ0n) is 19.1. The van der Waals surface area contributed by atoms with Gasteiger partial charge in [0.25, 0.3) is 0 Å². The quantitative estimate of drug-likeness (QED) is 0.611. The van der Waals surface area contributed by atoms with Gasteiger partial charge in [0.05, 0.1) is 36.5 Å². The van der Waals surface area contributed by atoms with E-state index in [1.165, 1.54) is 31.2 Å².